The number of aryl methyl sites for hydroxylation is 1. The van der Waals surface area contributed by atoms with Crippen molar-refractivity contribution in [3.63, 3.8) is 0 Å². The molecule has 0 aliphatic carbocycles. The summed E-state index contributed by atoms with van der Waals surface area (Å²) in [6, 6.07) is -1.03. The number of carbonyl (C=O) groups is 1. The quantitative estimate of drug-likeness (QED) is 0.795. The maximum atomic E-state index is 12.3. The van der Waals surface area contributed by atoms with Crippen LogP contribution in [0.3, 0.4) is 0 Å². The molecular formula is C8H8F3N3O2. The van der Waals surface area contributed by atoms with Crippen LogP contribution in [0.2, 0.25) is 0 Å². The Kier molecular flexibility index (Phi) is 2.36. The molecule has 5 nitrogen and oxygen atoms in total. The van der Waals surface area contributed by atoms with Crippen LogP contribution in [0.15, 0.2) is 0 Å². The molecule has 1 aromatic rings. The van der Waals surface area contributed by atoms with Gasteiger partial charge in [0.05, 0.1) is 0 Å². The molecule has 16 heavy (non-hydrogen) atoms. The lowest BCUT2D eigenvalue weighted by Crippen LogP contribution is -2.26. The molecule has 0 bridgehead atoms. The van der Waals surface area contributed by atoms with Gasteiger partial charge >= 0.3 is 12.1 Å². The van der Waals surface area contributed by atoms with Crippen molar-refractivity contribution in [3.05, 3.63) is 11.6 Å². The topological polar surface area (TPSA) is 68.0 Å². The van der Waals surface area contributed by atoms with Crippen LogP contribution in [0, 0.1) is 0 Å². The van der Waals surface area contributed by atoms with Crippen LogP contribution < -0.4 is 0 Å². The Morgan fingerprint density at radius 3 is 2.75 bits per heavy atom. The highest BCUT2D eigenvalue weighted by molar-refractivity contribution is 5.71. The molecule has 0 saturated carbocycles. The third-order valence-electron chi connectivity index (χ3n) is 2.41. The van der Waals surface area contributed by atoms with Crippen LogP contribution in [0.4, 0.5) is 13.2 Å². The highest BCUT2D eigenvalue weighted by Crippen LogP contribution is 2.30. The predicted octanol–water partition coefficient (Wildman–Crippen LogP) is 1.26. The van der Waals surface area contributed by atoms with Crippen molar-refractivity contribution in [2.75, 3.05) is 0 Å². The fourth-order valence-electron chi connectivity index (χ4n) is 1.70. The van der Waals surface area contributed by atoms with E-state index < -0.39 is 24.0 Å². The second-order valence-corrected chi connectivity index (χ2v) is 3.54. The number of aromatic nitrogens is 3. The number of carboxylic acid groups (broad SMARTS) is 1. The Hall–Kier alpha value is -1.60. The van der Waals surface area contributed by atoms with Gasteiger partial charge in [0, 0.05) is 6.42 Å². The highest BCUT2D eigenvalue weighted by Gasteiger charge is 2.39. The van der Waals surface area contributed by atoms with E-state index in [4.69, 9.17) is 5.11 Å². The molecule has 2 rings (SSSR count). The molecule has 0 saturated heterocycles. The smallest absolute Gasteiger partial charge is 0.453 e. The van der Waals surface area contributed by atoms with Gasteiger partial charge in [-0.1, -0.05) is 0 Å². The minimum Gasteiger partial charge on any atom is -0.480 e. The molecule has 0 aromatic carbocycles. The van der Waals surface area contributed by atoms with Crippen molar-refractivity contribution in [2.45, 2.75) is 31.5 Å². The van der Waals surface area contributed by atoms with E-state index in [1.54, 1.807) is 0 Å². The molecule has 88 valence electrons. The van der Waals surface area contributed by atoms with Crippen LogP contribution in [0.5, 0.6) is 0 Å². The molecule has 8 heteroatoms. The molecule has 0 spiro atoms. The van der Waals surface area contributed by atoms with Crippen molar-refractivity contribution in [3.8, 4) is 0 Å². The van der Waals surface area contributed by atoms with Gasteiger partial charge in [-0.25, -0.2) is 14.5 Å². The Morgan fingerprint density at radius 2 is 2.19 bits per heavy atom. The van der Waals surface area contributed by atoms with Crippen molar-refractivity contribution in [2.24, 2.45) is 0 Å². The molecule has 0 radical (unpaired) electrons. The average molecular weight is 235 g/mol. The molecule has 1 aromatic heterocycles. The van der Waals surface area contributed by atoms with Crippen LogP contribution in [0.25, 0.3) is 0 Å². The summed E-state index contributed by atoms with van der Waals surface area (Å²) >= 11 is 0. The summed E-state index contributed by atoms with van der Waals surface area (Å²) in [5.41, 5.74) is 0. The van der Waals surface area contributed by atoms with E-state index in [0.29, 0.717) is 12.8 Å². The number of halogens is 3. The van der Waals surface area contributed by atoms with Crippen molar-refractivity contribution >= 4 is 5.97 Å². The Balaban J connectivity index is 2.42. The number of fused-ring (bicyclic) bond motifs is 1. The van der Waals surface area contributed by atoms with Crippen LogP contribution in [0.1, 0.15) is 30.5 Å². The number of aliphatic carboxylic acids is 1. The lowest BCUT2D eigenvalue weighted by molar-refractivity contribution is -0.146. The minimum absolute atomic E-state index is 0.0889. The molecule has 2 heterocycles. The molecular weight excluding hydrogens is 227 g/mol. The fourth-order valence-corrected chi connectivity index (χ4v) is 1.70. The first-order valence-electron chi connectivity index (χ1n) is 4.65. The maximum absolute atomic E-state index is 12.3. The summed E-state index contributed by atoms with van der Waals surface area (Å²) in [5.74, 6) is -2.36. The van der Waals surface area contributed by atoms with Gasteiger partial charge in [-0.3, -0.25) is 0 Å². The molecule has 0 fully saturated rings. The minimum atomic E-state index is -4.63. The number of hydrogen-bond donors (Lipinski definition) is 1. The number of rotatable bonds is 1. The monoisotopic (exact) mass is 235 g/mol. The highest BCUT2D eigenvalue weighted by atomic mass is 19.4. The molecule has 1 aliphatic heterocycles. The number of carboxylic acids is 1. The second kappa shape index (κ2) is 3.46. The van der Waals surface area contributed by atoms with Gasteiger partial charge in [-0.15, -0.1) is 5.10 Å². The van der Waals surface area contributed by atoms with E-state index in [1.807, 2.05) is 0 Å². The van der Waals surface area contributed by atoms with Crippen LogP contribution >= 0.6 is 0 Å². The molecule has 1 atom stereocenters. The van der Waals surface area contributed by atoms with E-state index in [0.717, 1.165) is 4.68 Å². The summed E-state index contributed by atoms with van der Waals surface area (Å²) in [6.45, 7) is 0. The van der Waals surface area contributed by atoms with Crippen LogP contribution in [-0.2, 0) is 17.4 Å². The molecule has 1 unspecified atom stereocenters. The summed E-state index contributed by atoms with van der Waals surface area (Å²) in [7, 11) is 0. The van der Waals surface area contributed by atoms with Gasteiger partial charge in [0.1, 0.15) is 5.82 Å². The predicted molar refractivity (Wildman–Crippen MR) is 44.6 cm³/mol. The zero-order valence-corrected chi connectivity index (χ0v) is 8.03. The van der Waals surface area contributed by atoms with Crippen LogP contribution in [-0.4, -0.2) is 25.8 Å². The molecule has 0 amide bonds. The van der Waals surface area contributed by atoms with Gasteiger partial charge in [0.2, 0.25) is 0 Å². The summed E-state index contributed by atoms with van der Waals surface area (Å²) in [6.07, 6.45) is -3.52. The van der Waals surface area contributed by atoms with Gasteiger partial charge < -0.3 is 5.11 Å². The van der Waals surface area contributed by atoms with Gasteiger partial charge in [-0.2, -0.15) is 13.2 Å². The molecule has 1 N–H and O–H groups in total. The summed E-state index contributed by atoms with van der Waals surface area (Å²) < 4.78 is 37.8. The Labute approximate surface area is 87.9 Å². The van der Waals surface area contributed by atoms with Crippen molar-refractivity contribution in [1.82, 2.24) is 14.8 Å². The van der Waals surface area contributed by atoms with E-state index in [-0.39, 0.29) is 12.2 Å². The van der Waals surface area contributed by atoms with Gasteiger partial charge in [-0.05, 0) is 12.8 Å². The first-order valence-corrected chi connectivity index (χ1v) is 4.65. The lowest BCUT2D eigenvalue weighted by atomic mass is 10.1. The lowest BCUT2D eigenvalue weighted by Gasteiger charge is -2.19. The summed E-state index contributed by atoms with van der Waals surface area (Å²) in [4.78, 5) is 14.1. The van der Waals surface area contributed by atoms with E-state index in [1.165, 1.54) is 0 Å². The molecule has 1 aliphatic rings. The Bertz CT molecular complexity index is 427. The standard InChI is InChI=1S/C8H8F3N3O2/c9-8(10,11)7-12-5-3-1-2-4(6(15)16)14(5)13-7/h4H,1-3H2,(H,15,16). The largest absolute Gasteiger partial charge is 0.480 e. The van der Waals surface area contributed by atoms with Crippen molar-refractivity contribution in [1.29, 1.82) is 0 Å². The number of alkyl halides is 3. The SMILES string of the molecule is O=C(O)C1CCCc2nc(C(F)(F)F)nn21. The van der Waals surface area contributed by atoms with E-state index in [2.05, 4.69) is 10.1 Å². The van der Waals surface area contributed by atoms with E-state index >= 15 is 0 Å². The van der Waals surface area contributed by atoms with Gasteiger partial charge in [0.15, 0.2) is 6.04 Å². The average Bonchev–Trinajstić information content (AvgIpc) is 2.59. The number of hydrogen-bond acceptors (Lipinski definition) is 3. The fraction of sp³-hybridized carbons (Fsp3) is 0.625. The van der Waals surface area contributed by atoms with Gasteiger partial charge in [0.25, 0.3) is 5.82 Å². The normalized spacial score (nSPS) is 20.6. The third kappa shape index (κ3) is 1.74. The summed E-state index contributed by atoms with van der Waals surface area (Å²) in [5, 5.41) is 12.1. The third-order valence-corrected chi connectivity index (χ3v) is 2.41. The Morgan fingerprint density at radius 1 is 1.50 bits per heavy atom. The first kappa shape index (κ1) is 10.9. The zero-order chi connectivity index (χ0) is 11.9. The number of nitrogens with zero attached hydrogens (tertiary/aromatic N) is 3. The maximum Gasteiger partial charge on any atom is 0.453 e. The first-order chi connectivity index (χ1) is 7.39. The zero-order valence-electron chi connectivity index (χ0n) is 8.03. The van der Waals surface area contributed by atoms with Crippen molar-refractivity contribution < 1.29 is 23.1 Å². The second-order valence-electron chi connectivity index (χ2n) is 3.54. The van der Waals surface area contributed by atoms with E-state index in [9.17, 15) is 18.0 Å².